The predicted molar refractivity (Wildman–Crippen MR) is 90.7 cm³/mol. The van der Waals surface area contributed by atoms with E-state index in [1.54, 1.807) is 14.2 Å². The summed E-state index contributed by atoms with van der Waals surface area (Å²) in [5, 5.41) is 6.45. The number of hydrogen-bond acceptors (Lipinski definition) is 5. The molecule has 3 unspecified atom stereocenters. The third kappa shape index (κ3) is 8.53. The van der Waals surface area contributed by atoms with Crippen molar-refractivity contribution in [2.75, 3.05) is 27.4 Å². The summed E-state index contributed by atoms with van der Waals surface area (Å²) in [6, 6.07) is 0.681. The van der Waals surface area contributed by atoms with Gasteiger partial charge in [0.05, 0.1) is 12.7 Å². The maximum atomic E-state index is 11.6. The molecule has 0 saturated heterocycles. The average molecular weight is 330 g/mol. The van der Waals surface area contributed by atoms with Crippen LogP contribution in [-0.4, -0.2) is 57.3 Å². The molecule has 23 heavy (non-hydrogen) atoms. The van der Waals surface area contributed by atoms with Crippen molar-refractivity contribution < 1.29 is 19.0 Å². The Morgan fingerprint density at radius 1 is 1.26 bits per heavy atom. The first-order valence-corrected chi connectivity index (χ1v) is 8.60. The zero-order chi connectivity index (χ0) is 17.3. The summed E-state index contributed by atoms with van der Waals surface area (Å²) >= 11 is 0. The fraction of sp³-hybridized carbons (Fsp3) is 0.941. The van der Waals surface area contributed by atoms with E-state index >= 15 is 0 Å². The first-order chi connectivity index (χ1) is 10.9. The van der Waals surface area contributed by atoms with Gasteiger partial charge in [0.25, 0.3) is 0 Å². The number of alkyl carbamates (subject to hydrolysis) is 1. The molecule has 0 aromatic carbocycles. The lowest BCUT2D eigenvalue weighted by atomic mass is 10.1. The molecular weight excluding hydrogens is 296 g/mol. The first-order valence-electron chi connectivity index (χ1n) is 8.60. The van der Waals surface area contributed by atoms with Crippen LogP contribution in [0.5, 0.6) is 0 Å². The third-order valence-corrected chi connectivity index (χ3v) is 3.97. The van der Waals surface area contributed by atoms with Crippen LogP contribution in [0.2, 0.25) is 0 Å². The summed E-state index contributed by atoms with van der Waals surface area (Å²) in [6.07, 6.45) is 5.23. The van der Waals surface area contributed by atoms with E-state index in [1.165, 1.54) is 6.42 Å². The number of hydrogen-bond donors (Lipinski definition) is 2. The summed E-state index contributed by atoms with van der Waals surface area (Å²) in [5.41, 5.74) is -0.456. The average Bonchev–Trinajstić information content (AvgIpc) is 2.89. The summed E-state index contributed by atoms with van der Waals surface area (Å²) in [4.78, 5) is 11.6. The molecule has 1 rings (SSSR count). The lowest BCUT2D eigenvalue weighted by Crippen LogP contribution is -2.45. The lowest BCUT2D eigenvalue weighted by molar-refractivity contribution is 0.0524. The zero-order valence-electron chi connectivity index (χ0n) is 15.3. The van der Waals surface area contributed by atoms with Gasteiger partial charge < -0.3 is 24.8 Å². The lowest BCUT2D eigenvalue weighted by Gasteiger charge is -2.26. The van der Waals surface area contributed by atoms with E-state index in [0.717, 1.165) is 25.7 Å². The number of methoxy groups -OCH3 is 2. The number of carbonyl (C=O) groups is 1. The van der Waals surface area contributed by atoms with Crippen molar-refractivity contribution in [2.24, 2.45) is 0 Å². The molecule has 1 saturated carbocycles. The molecule has 0 aromatic rings. The molecule has 0 aromatic heterocycles. The van der Waals surface area contributed by atoms with Crippen LogP contribution >= 0.6 is 0 Å². The second kappa shape index (κ2) is 10.1. The predicted octanol–water partition coefficient (Wildman–Crippen LogP) is 2.46. The van der Waals surface area contributed by atoms with Gasteiger partial charge in [-0.1, -0.05) is 0 Å². The molecule has 2 N–H and O–H groups in total. The van der Waals surface area contributed by atoms with E-state index < -0.39 is 5.60 Å². The quantitative estimate of drug-likeness (QED) is 0.636. The number of rotatable bonds is 9. The van der Waals surface area contributed by atoms with Crippen LogP contribution in [0, 0.1) is 0 Å². The topological polar surface area (TPSA) is 68.8 Å². The highest BCUT2D eigenvalue weighted by molar-refractivity contribution is 5.67. The van der Waals surface area contributed by atoms with E-state index in [1.807, 2.05) is 20.8 Å². The number of nitrogens with one attached hydrogen (secondary N) is 2. The van der Waals surface area contributed by atoms with Gasteiger partial charge in [0.15, 0.2) is 0 Å². The Hall–Kier alpha value is -0.850. The standard InChI is InChI=1S/C17H34N2O4/c1-17(2,3)23-16(20)18-11-7-8-13(12-21-4)19-14-9-6-10-15(14)22-5/h13-15,19H,6-12H2,1-5H3,(H,18,20). The SMILES string of the molecule is COCC(CCCNC(=O)OC(C)(C)C)NC1CCCC1OC. The fourth-order valence-electron chi connectivity index (χ4n) is 2.97. The van der Waals surface area contributed by atoms with Crippen molar-refractivity contribution in [2.45, 2.75) is 76.7 Å². The highest BCUT2D eigenvalue weighted by Crippen LogP contribution is 2.22. The van der Waals surface area contributed by atoms with Crippen molar-refractivity contribution >= 4 is 6.09 Å². The highest BCUT2D eigenvalue weighted by Gasteiger charge is 2.28. The van der Waals surface area contributed by atoms with Gasteiger partial charge in [-0.2, -0.15) is 0 Å². The van der Waals surface area contributed by atoms with Crippen LogP contribution in [-0.2, 0) is 14.2 Å². The first kappa shape index (κ1) is 20.2. The molecule has 136 valence electrons. The largest absolute Gasteiger partial charge is 0.444 e. The Balaban J connectivity index is 2.26. The Bertz CT molecular complexity index is 344. The van der Waals surface area contributed by atoms with Crippen molar-refractivity contribution in [1.82, 2.24) is 10.6 Å². The molecule has 1 aliphatic rings. The van der Waals surface area contributed by atoms with Gasteiger partial charge in [-0.25, -0.2) is 4.79 Å². The summed E-state index contributed by atoms with van der Waals surface area (Å²) in [7, 11) is 3.50. The second-order valence-corrected chi connectivity index (χ2v) is 7.20. The molecule has 6 nitrogen and oxygen atoms in total. The molecular formula is C17H34N2O4. The molecule has 3 atom stereocenters. The van der Waals surface area contributed by atoms with Crippen LogP contribution in [0.1, 0.15) is 52.9 Å². The van der Waals surface area contributed by atoms with Gasteiger partial charge >= 0.3 is 6.09 Å². The summed E-state index contributed by atoms with van der Waals surface area (Å²) < 4.78 is 16.1. The molecule has 0 radical (unpaired) electrons. The smallest absolute Gasteiger partial charge is 0.407 e. The minimum atomic E-state index is -0.456. The van der Waals surface area contributed by atoms with Gasteiger partial charge in [-0.05, 0) is 52.9 Å². The van der Waals surface area contributed by atoms with Gasteiger partial charge in [-0.15, -0.1) is 0 Å². The van der Waals surface area contributed by atoms with Gasteiger partial charge in [0.1, 0.15) is 5.60 Å². The minimum absolute atomic E-state index is 0.279. The molecule has 0 spiro atoms. The minimum Gasteiger partial charge on any atom is -0.444 e. The third-order valence-electron chi connectivity index (χ3n) is 3.97. The van der Waals surface area contributed by atoms with Gasteiger partial charge in [-0.3, -0.25) is 0 Å². The number of carbonyl (C=O) groups excluding carboxylic acids is 1. The van der Waals surface area contributed by atoms with Crippen LogP contribution in [0.4, 0.5) is 4.79 Å². The molecule has 6 heteroatoms. The number of amides is 1. The van der Waals surface area contributed by atoms with Crippen LogP contribution < -0.4 is 10.6 Å². The Labute approximate surface area is 140 Å². The van der Waals surface area contributed by atoms with E-state index in [0.29, 0.717) is 25.3 Å². The second-order valence-electron chi connectivity index (χ2n) is 7.20. The molecule has 1 aliphatic carbocycles. The van der Waals surface area contributed by atoms with Crippen LogP contribution in [0.15, 0.2) is 0 Å². The zero-order valence-corrected chi connectivity index (χ0v) is 15.3. The monoisotopic (exact) mass is 330 g/mol. The van der Waals surface area contributed by atoms with Crippen LogP contribution in [0.25, 0.3) is 0 Å². The van der Waals surface area contributed by atoms with E-state index in [2.05, 4.69) is 10.6 Å². The number of ether oxygens (including phenoxy) is 3. The summed E-state index contributed by atoms with van der Waals surface area (Å²) in [6.45, 7) is 6.85. The molecule has 0 bridgehead atoms. The van der Waals surface area contributed by atoms with E-state index in [-0.39, 0.29) is 12.1 Å². The van der Waals surface area contributed by atoms with E-state index in [9.17, 15) is 4.79 Å². The Morgan fingerprint density at radius 2 is 2.00 bits per heavy atom. The molecule has 1 amide bonds. The van der Waals surface area contributed by atoms with Crippen molar-refractivity contribution in [3.63, 3.8) is 0 Å². The van der Waals surface area contributed by atoms with Gasteiger partial charge in [0.2, 0.25) is 0 Å². The highest BCUT2D eigenvalue weighted by atomic mass is 16.6. The molecule has 0 heterocycles. The maximum absolute atomic E-state index is 11.6. The Morgan fingerprint density at radius 3 is 2.61 bits per heavy atom. The molecule has 1 fully saturated rings. The van der Waals surface area contributed by atoms with Crippen molar-refractivity contribution in [3.8, 4) is 0 Å². The summed E-state index contributed by atoms with van der Waals surface area (Å²) in [5.74, 6) is 0. The molecule has 0 aliphatic heterocycles. The van der Waals surface area contributed by atoms with E-state index in [4.69, 9.17) is 14.2 Å². The van der Waals surface area contributed by atoms with Gasteiger partial charge in [0, 0.05) is 32.8 Å². The normalized spacial score (nSPS) is 22.8. The Kier molecular flexibility index (Phi) is 8.87. The fourth-order valence-corrected chi connectivity index (χ4v) is 2.97. The van der Waals surface area contributed by atoms with Crippen molar-refractivity contribution in [1.29, 1.82) is 0 Å². The maximum Gasteiger partial charge on any atom is 0.407 e. The van der Waals surface area contributed by atoms with Crippen molar-refractivity contribution in [3.05, 3.63) is 0 Å². The van der Waals surface area contributed by atoms with Crippen LogP contribution in [0.3, 0.4) is 0 Å².